The number of carbonyl (C=O) groups is 1. The van der Waals surface area contributed by atoms with Gasteiger partial charge in [0.05, 0.1) is 23.2 Å². The number of halogens is 1. The first kappa shape index (κ1) is 14.7. The van der Waals surface area contributed by atoms with Gasteiger partial charge in [0.1, 0.15) is 5.75 Å². The minimum Gasteiger partial charge on any atom is -0.495 e. The van der Waals surface area contributed by atoms with Gasteiger partial charge in [-0.2, -0.15) is 0 Å². The van der Waals surface area contributed by atoms with E-state index in [4.69, 9.17) is 22.1 Å². The van der Waals surface area contributed by atoms with Gasteiger partial charge in [-0.1, -0.05) is 11.6 Å². The summed E-state index contributed by atoms with van der Waals surface area (Å²) in [5.74, 6) is 0.187. The van der Waals surface area contributed by atoms with Gasteiger partial charge in [-0.15, -0.1) is 11.3 Å². The first-order valence-corrected chi connectivity index (χ1v) is 7.20. The van der Waals surface area contributed by atoms with Crippen LogP contribution in [0.1, 0.15) is 28.2 Å². The largest absolute Gasteiger partial charge is 0.495 e. The molecular formula is C14H15ClN2O2S. The van der Waals surface area contributed by atoms with Crippen molar-refractivity contribution < 1.29 is 9.53 Å². The van der Waals surface area contributed by atoms with Crippen LogP contribution < -0.4 is 15.8 Å². The highest BCUT2D eigenvalue weighted by Crippen LogP contribution is 2.32. The second-order valence-corrected chi connectivity index (χ2v) is 6.03. The molecule has 1 unspecified atom stereocenters. The third kappa shape index (κ3) is 3.23. The second kappa shape index (κ2) is 6.15. The van der Waals surface area contributed by atoms with E-state index in [0.29, 0.717) is 11.3 Å². The lowest BCUT2D eigenvalue weighted by molar-refractivity contribution is 0.100. The number of benzene rings is 1. The minimum atomic E-state index is -0.470. The lowest BCUT2D eigenvalue weighted by Crippen LogP contribution is -2.12. The fourth-order valence-corrected chi connectivity index (χ4v) is 2.90. The van der Waals surface area contributed by atoms with Crippen molar-refractivity contribution in [3.63, 3.8) is 0 Å². The van der Waals surface area contributed by atoms with Gasteiger partial charge in [-0.3, -0.25) is 4.79 Å². The fourth-order valence-electron chi connectivity index (χ4n) is 1.84. The molecule has 0 aliphatic carbocycles. The number of nitrogens with two attached hydrogens (primary N) is 1. The number of ether oxygens (including phenoxy) is 1. The van der Waals surface area contributed by atoms with Crippen LogP contribution in [0.5, 0.6) is 5.75 Å². The maximum atomic E-state index is 11.3. The summed E-state index contributed by atoms with van der Waals surface area (Å²) < 4.78 is 6.03. The normalized spacial score (nSPS) is 11.9. The Morgan fingerprint density at radius 2 is 2.15 bits per heavy atom. The van der Waals surface area contributed by atoms with Crippen molar-refractivity contribution >= 4 is 34.5 Å². The molecule has 3 N–H and O–H groups in total. The minimum absolute atomic E-state index is 0.0459. The monoisotopic (exact) mass is 310 g/mol. The average molecular weight is 311 g/mol. The molecule has 106 valence electrons. The van der Waals surface area contributed by atoms with Crippen molar-refractivity contribution in [3.05, 3.63) is 45.1 Å². The Balaban J connectivity index is 2.27. The van der Waals surface area contributed by atoms with Crippen molar-refractivity contribution in [3.8, 4) is 5.75 Å². The molecule has 1 atom stereocenters. The van der Waals surface area contributed by atoms with Crippen molar-refractivity contribution in [1.29, 1.82) is 0 Å². The van der Waals surface area contributed by atoms with Gasteiger partial charge in [0.25, 0.3) is 0 Å². The molecule has 2 rings (SSSR count). The van der Waals surface area contributed by atoms with E-state index in [1.54, 1.807) is 25.3 Å². The number of anilines is 1. The van der Waals surface area contributed by atoms with E-state index in [1.807, 2.05) is 19.1 Å². The first-order valence-electron chi connectivity index (χ1n) is 6.01. The lowest BCUT2D eigenvalue weighted by atomic mass is 10.1. The zero-order chi connectivity index (χ0) is 14.7. The molecule has 0 aliphatic heterocycles. The first-order chi connectivity index (χ1) is 9.51. The highest BCUT2D eigenvalue weighted by Gasteiger charge is 2.13. The predicted octanol–water partition coefficient (Wildman–Crippen LogP) is 3.68. The van der Waals surface area contributed by atoms with Crippen LogP contribution in [0.3, 0.4) is 0 Å². The molecule has 1 aromatic heterocycles. The van der Waals surface area contributed by atoms with E-state index in [1.165, 1.54) is 11.3 Å². The van der Waals surface area contributed by atoms with Crippen LogP contribution in [-0.2, 0) is 0 Å². The summed E-state index contributed by atoms with van der Waals surface area (Å²) in [6.45, 7) is 2.01. The molecule has 0 fully saturated rings. The Labute approximate surface area is 126 Å². The average Bonchev–Trinajstić information content (AvgIpc) is 2.85. The fraction of sp³-hybridized carbons (Fsp3) is 0.214. The van der Waals surface area contributed by atoms with Gasteiger partial charge >= 0.3 is 0 Å². The molecule has 0 aliphatic rings. The van der Waals surface area contributed by atoms with E-state index >= 15 is 0 Å². The van der Waals surface area contributed by atoms with Crippen molar-refractivity contribution in [2.75, 3.05) is 12.4 Å². The molecule has 1 aromatic carbocycles. The Morgan fingerprint density at radius 1 is 1.40 bits per heavy atom. The number of rotatable bonds is 5. The summed E-state index contributed by atoms with van der Waals surface area (Å²) in [5, 5.41) is 3.31. The quantitative estimate of drug-likeness (QED) is 0.885. The molecule has 0 bridgehead atoms. The summed E-state index contributed by atoms with van der Waals surface area (Å²) in [6, 6.07) is 8.92. The highest BCUT2D eigenvalue weighted by atomic mass is 35.5. The molecule has 0 radical (unpaired) electrons. The number of hydrogen-bond acceptors (Lipinski definition) is 4. The third-order valence-electron chi connectivity index (χ3n) is 2.88. The number of carbonyl (C=O) groups excluding carboxylic acids is 1. The van der Waals surface area contributed by atoms with E-state index in [0.717, 1.165) is 14.9 Å². The molecule has 4 nitrogen and oxygen atoms in total. The van der Waals surface area contributed by atoms with Crippen LogP contribution in [0.25, 0.3) is 0 Å². The van der Waals surface area contributed by atoms with Crippen LogP contribution in [0.15, 0.2) is 30.3 Å². The number of hydrogen-bond donors (Lipinski definition) is 2. The molecule has 2 aromatic rings. The van der Waals surface area contributed by atoms with Gasteiger partial charge in [0.15, 0.2) is 0 Å². The van der Waals surface area contributed by atoms with Crippen LogP contribution in [0.4, 0.5) is 5.69 Å². The number of methoxy groups -OCH3 is 1. The van der Waals surface area contributed by atoms with E-state index in [9.17, 15) is 4.79 Å². The van der Waals surface area contributed by atoms with Crippen LogP contribution in [-0.4, -0.2) is 13.0 Å². The standard InChI is InChI=1S/C14H15ClN2O2S/c1-8(12-5-6-13(15)20-12)17-10-7-9(14(16)18)3-4-11(10)19-2/h3-8,17H,1-2H3,(H2,16,18). The molecule has 0 saturated carbocycles. The highest BCUT2D eigenvalue weighted by molar-refractivity contribution is 7.16. The SMILES string of the molecule is COc1ccc(C(N)=O)cc1NC(C)c1ccc(Cl)s1. The predicted molar refractivity (Wildman–Crippen MR) is 82.9 cm³/mol. The Kier molecular flexibility index (Phi) is 4.52. The molecule has 20 heavy (non-hydrogen) atoms. The summed E-state index contributed by atoms with van der Waals surface area (Å²) in [5.41, 5.74) is 6.45. The van der Waals surface area contributed by atoms with Crippen molar-refractivity contribution in [2.45, 2.75) is 13.0 Å². The summed E-state index contributed by atoms with van der Waals surface area (Å²) in [6.07, 6.45) is 0. The van der Waals surface area contributed by atoms with E-state index in [2.05, 4.69) is 5.32 Å². The van der Waals surface area contributed by atoms with Crippen molar-refractivity contribution in [1.82, 2.24) is 0 Å². The maximum absolute atomic E-state index is 11.3. The molecule has 1 amide bonds. The summed E-state index contributed by atoms with van der Waals surface area (Å²) in [7, 11) is 1.58. The maximum Gasteiger partial charge on any atom is 0.248 e. The summed E-state index contributed by atoms with van der Waals surface area (Å²) >= 11 is 7.45. The van der Waals surface area contributed by atoms with Gasteiger partial charge in [0, 0.05) is 10.4 Å². The number of thiophene rings is 1. The van der Waals surface area contributed by atoms with Gasteiger partial charge < -0.3 is 15.8 Å². The second-order valence-electron chi connectivity index (χ2n) is 4.29. The molecule has 6 heteroatoms. The smallest absolute Gasteiger partial charge is 0.248 e. The Hall–Kier alpha value is -1.72. The molecule has 1 heterocycles. The van der Waals surface area contributed by atoms with Crippen molar-refractivity contribution in [2.24, 2.45) is 5.73 Å². The van der Waals surface area contributed by atoms with E-state index in [-0.39, 0.29) is 6.04 Å². The molecule has 0 saturated heterocycles. The van der Waals surface area contributed by atoms with Gasteiger partial charge in [-0.05, 0) is 37.3 Å². The zero-order valence-electron chi connectivity index (χ0n) is 11.1. The van der Waals surface area contributed by atoms with Gasteiger partial charge in [-0.25, -0.2) is 0 Å². The number of amides is 1. The summed E-state index contributed by atoms with van der Waals surface area (Å²) in [4.78, 5) is 12.3. The van der Waals surface area contributed by atoms with Gasteiger partial charge in [0.2, 0.25) is 5.91 Å². The topological polar surface area (TPSA) is 64.3 Å². The Bertz CT molecular complexity index is 627. The lowest BCUT2D eigenvalue weighted by Gasteiger charge is -2.17. The molecule has 0 spiro atoms. The molecular weight excluding hydrogens is 296 g/mol. The zero-order valence-corrected chi connectivity index (χ0v) is 12.7. The van der Waals surface area contributed by atoms with Crippen LogP contribution in [0.2, 0.25) is 4.34 Å². The third-order valence-corrected chi connectivity index (χ3v) is 4.29. The number of primary amides is 1. The van der Waals surface area contributed by atoms with Crippen LogP contribution >= 0.6 is 22.9 Å². The van der Waals surface area contributed by atoms with E-state index < -0.39 is 5.91 Å². The Morgan fingerprint density at radius 3 is 2.70 bits per heavy atom. The van der Waals surface area contributed by atoms with Crippen LogP contribution in [0, 0.1) is 0 Å². The number of nitrogens with one attached hydrogen (secondary N) is 1.